The Labute approximate surface area is 144 Å². The van der Waals surface area contributed by atoms with Gasteiger partial charge in [-0.1, -0.05) is 58.0 Å². The van der Waals surface area contributed by atoms with Gasteiger partial charge in [-0.15, -0.1) is 0 Å². The van der Waals surface area contributed by atoms with Gasteiger partial charge in [-0.2, -0.15) is 0 Å². The Bertz CT molecular complexity index is 785. The molecule has 0 saturated carbocycles. The van der Waals surface area contributed by atoms with E-state index in [1.807, 2.05) is 18.2 Å². The molecule has 1 heterocycles. The first-order valence-corrected chi connectivity index (χ1v) is 8.68. The van der Waals surface area contributed by atoms with Gasteiger partial charge in [-0.05, 0) is 35.6 Å². The molecule has 0 radical (unpaired) electrons. The van der Waals surface area contributed by atoms with Crippen molar-refractivity contribution >= 4 is 5.78 Å². The van der Waals surface area contributed by atoms with Crippen molar-refractivity contribution < 1.29 is 9.53 Å². The fourth-order valence-electron chi connectivity index (χ4n) is 3.51. The fourth-order valence-corrected chi connectivity index (χ4v) is 3.51. The first-order valence-electron chi connectivity index (χ1n) is 8.68. The zero-order valence-electron chi connectivity index (χ0n) is 15.3. The van der Waals surface area contributed by atoms with E-state index >= 15 is 0 Å². The zero-order valence-corrected chi connectivity index (χ0v) is 15.3. The smallest absolute Gasteiger partial charge is 0.167 e. The second kappa shape index (κ2) is 6.08. The third-order valence-corrected chi connectivity index (χ3v) is 5.08. The Morgan fingerprint density at radius 1 is 1.21 bits per heavy atom. The Kier molecular flexibility index (Phi) is 4.25. The van der Waals surface area contributed by atoms with Crippen LogP contribution in [0.3, 0.4) is 0 Å². The van der Waals surface area contributed by atoms with E-state index in [4.69, 9.17) is 4.74 Å². The van der Waals surface area contributed by atoms with E-state index in [1.54, 1.807) is 0 Å². The second-order valence-electron chi connectivity index (χ2n) is 7.77. The van der Waals surface area contributed by atoms with Crippen LogP contribution >= 0.6 is 0 Å². The fraction of sp³-hybridized carbons (Fsp3) is 0.409. The second-order valence-corrected chi connectivity index (χ2v) is 7.77. The topological polar surface area (TPSA) is 26.3 Å². The SMILES string of the molecule is Cc1c(CC(=O)c2ccc3c(c2)OCC3(C)C)cccc1C(C)C. The largest absolute Gasteiger partial charge is 0.492 e. The molecule has 2 aromatic carbocycles. The number of benzene rings is 2. The van der Waals surface area contributed by atoms with E-state index < -0.39 is 0 Å². The van der Waals surface area contributed by atoms with Gasteiger partial charge in [0, 0.05) is 23.0 Å². The maximum Gasteiger partial charge on any atom is 0.167 e. The van der Waals surface area contributed by atoms with Gasteiger partial charge in [0.15, 0.2) is 5.78 Å². The van der Waals surface area contributed by atoms with Crippen LogP contribution in [0.15, 0.2) is 36.4 Å². The van der Waals surface area contributed by atoms with Crippen LogP contribution in [-0.2, 0) is 11.8 Å². The van der Waals surface area contributed by atoms with Crippen LogP contribution in [0.2, 0.25) is 0 Å². The molecule has 1 aliphatic rings. The van der Waals surface area contributed by atoms with E-state index in [0.717, 1.165) is 16.9 Å². The highest BCUT2D eigenvalue weighted by atomic mass is 16.5. The number of carbonyl (C=O) groups excluding carboxylic acids is 1. The molecule has 0 saturated heterocycles. The first-order chi connectivity index (χ1) is 11.3. The Morgan fingerprint density at radius 2 is 1.96 bits per heavy atom. The van der Waals surface area contributed by atoms with Crippen molar-refractivity contribution in [3.05, 3.63) is 64.2 Å². The monoisotopic (exact) mass is 322 g/mol. The van der Waals surface area contributed by atoms with E-state index in [-0.39, 0.29) is 11.2 Å². The Balaban J connectivity index is 1.86. The van der Waals surface area contributed by atoms with Crippen molar-refractivity contribution in [3.63, 3.8) is 0 Å². The van der Waals surface area contributed by atoms with Gasteiger partial charge >= 0.3 is 0 Å². The molecule has 24 heavy (non-hydrogen) atoms. The predicted octanol–water partition coefficient (Wildman–Crippen LogP) is 5.21. The van der Waals surface area contributed by atoms with Crippen molar-refractivity contribution in [2.24, 2.45) is 0 Å². The Morgan fingerprint density at radius 3 is 2.67 bits per heavy atom. The molecule has 0 aliphatic carbocycles. The summed E-state index contributed by atoms with van der Waals surface area (Å²) in [5.41, 5.74) is 5.63. The van der Waals surface area contributed by atoms with Crippen LogP contribution in [0.1, 0.15) is 66.2 Å². The maximum atomic E-state index is 12.8. The highest BCUT2D eigenvalue weighted by Crippen LogP contribution is 2.38. The molecule has 0 bridgehead atoms. The third kappa shape index (κ3) is 2.98. The molecule has 0 N–H and O–H groups in total. The van der Waals surface area contributed by atoms with Crippen LogP contribution in [-0.4, -0.2) is 12.4 Å². The molecular weight excluding hydrogens is 296 g/mol. The minimum atomic E-state index is 0.0269. The summed E-state index contributed by atoms with van der Waals surface area (Å²) < 4.78 is 5.78. The molecule has 2 heteroatoms. The average Bonchev–Trinajstić information content (AvgIpc) is 2.84. The zero-order chi connectivity index (χ0) is 17.5. The van der Waals surface area contributed by atoms with Crippen molar-refractivity contribution in [2.45, 2.75) is 52.4 Å². The number of carbonyl (C=O) groups is 1. The van der Waals surface area contributed by atoms with Crippen LogP contribution in [0.4, 0.5) is 0 Å². The highest BCUT2D eigenvalue weighted by molar-refractivity contribution is 5.98. The van der Waals surface area contributed by atoms with Crippen molar-refractivity contribution in [1.29, 1.82) is 0 Å². The molecular formula is C22H26O2. The third-order valence-electron chi connectivity index (χ3n) is 5.08. The van der Waals surface area contributed by atoms with E-state index in [2.05, 4.69) is 52.8 Å². The van der Waals surface area contributed by atoms with Crippen LogP contribution in [0.25, 0.3) is 0 Å². The van der Waals surface area contributed by atoms with Gasteiger partial charge in [0.2, 0.25) is 0 Å². The van der Waals surface area contributed by atoms with Gasteiger partial charge in [-0.3, -0.25) is 4.79 Å². The summed E-state index contributed by atoms with van der Waals surface area (Å²) >= 11 is 0. The summed E-state index contributed by atoms with van der Waals surface area (Å²) in [5.74, 6) is 1.48. The summed E-state index contributed by atoms with van der Waals surface area (Å²) in [6, 6.07) is 12.2. The van der Waals surface area contributed by atoms with Crippen molar-refractivity contribution in [1.82, 2.24) is 0 Å². The number of ether oxygens (including phenoxy) is 1. The van der Waals surface area contributed by atoms with Crippen LogP contribution in [0, 0.1) is 6.92 Å². The van der Waals surface area contributed by atoms with Crippen molar-refractivity contribution in [3.8, 4) is 5.75 Å². The minimum absolute atomic E-state index is 0.0269. The van der Waals surface area contributed by atoms with Crippen molar-refractivity contribution in [2.75, 3.05) is 6.61 Å². The van der Waals surface area contributed by atoms with Crippen LogP contribution < -0.4 is 4.74 Å². The minimum Gasteiger partial charge on any atom is -0.492 e. The first kappa shape index (κ1) is 16.8. The molecule has 2 nitrogen and oxygen atoms in total. The molecule has 0 unspecified atom stereocenters. The summed E-state index contributed by atoms with van der Waals surface area (Å²) in [4.78, 5) is 12.8. The molecule has 0 amide bonds. The number of hydrogen-bond donors (Lipinski definition) is 0. The molecule has 0 spiro atoms. The van der Waals surface area contributed by atoms with Gasteiger partial charge in [0.1, 0.15) is 5.75 Å². The molecule has 0 atom stereocenters. The van der Waals surface area contributed by atoms with Crippen LogP contribution in [0.5, 0.6) is 5.75 Å². The number of Topliss-reactive ketones (excluding diaryl/α,β-unsaturated/α-hetero) is 1. The van der Waals surface area contributed by atoms with Gasteiger partial charge in [0.25, 0.3) is 0 Å². The lowest BCUT2D eigenvalue weighted by Crippen LogP contribution is -2.18. The summed E-state index contributed by atoms with van der Waals surface area (Å²) in [6.45, 7) is 11.5. The lowest BCUT2D eigenvalue weighted by atomic mass is 9.86. The quantitative estimate of drug-likeness (QED) is 0.722. The number of rotatable bonds is 4. The number of fused-ring (bicyclic) bond motifs is 1. The highest BCUT2D eigenvalue weighted by Gasteiger charge is 2.32. The molecule has 3 rings (SSSR count). The van der Waals surface area contributed by atoms with E-state index in [0.29, 0.717) is 18.9 Å². The molecule has 0 aromatic heterocycles. The van der Waals surface area contributed by atoms with E-state index in [9.17, 15) is 4.79 Å². The average molecular weight is 322 g/mol. The predicted molar refractivity (Wildman–Crippen MR) is 98.3 cm³/mol. The molecule has 1 aliphatic heterocycles. The molecule has 2 aromatic rings. The summed E-state index contributed by atoms with van der Waals surface area (Å²) in [6.07, 6.45) is 0.439. The lowest BCUT2D eigenvalue weighted by Gasteiger charge is -2.15. The number of ketones is 1. The molecule has 126 valence electrons. The van der Waals surface area contributed by atoms with Gasteiger partial charge in [0.05, 0.1) is 6.61 Å². The summed E-state index contributed by atoms with van der Waals surface area (Å²) in [5, 5.41) is 0. The molecule has 0 fully saturated rings. The number of hydrogen-bond acceptors (Lipinski definition) is 2. The standard InChI is InChI=1S/C22H26O2/c1-14(2)18-8-6-7-16(15(18)3)11-20(23)17-9-10-19-21(12-17)24-13-22(19,4)5/h6-10,12,14H,11,13H2,1-5H3. The maximum absolute atomic E-state index is 12.8. The lowest BCUT2D eigenvalue weighted by molar-refractivity contribution is 0.0992. The normalized spacial score (nSPS) is 15.2. The van der Waals surface area contributed by atoms with E-state index in [1.165, 1.54) is 16.7 Å². The summed E-state index contributed by atoms with van der Waals surface area (Å²) in [7, 11) is 0. The van der Waals surface area contributed by atoms with Gasteiger partial charge in [-0.25, -0.2) is 0 Å². The Hall–Kier alpha value is -2.09. The van der Waals surface area contributed by atoms with Gasteiger partial charge < -0.3 is 4.74 Å².